The van der Waals surface area contributed by atoms with Gasteiger partial charge in [-0.15, -0.1) is 0 Å². The molecule has 0 bridgehead atoms. The van der Waals surface area contributed by atoms with Crippen LogP contribution in [0.1, 0.15) is 117 Å². The molecule has 3 fully saturated rings. The Hall–Kier alpha value is -1.05. The van der Waals surface area contributed by atoms with Gasteiger partial charge in [0.25, 0.3) is 0 Å². The first kappa shape index (κ1) is 22.2. The highest BCUT2D eigenvalue weighted by Crippen LogP contribution is 2.58. The molecular weight excluding hydrogens is 368 g/mol. The zero-order valence-electron chi connectivity index (χ0n) is 19.7. The van der Waals surface area contributed by atoms with E-state index >= 15 is 0 Å². The standard InChI is InChI=1S/C28H44O2/c1-19-23(20-13-7-4-8-14-20)24(27(29)30)26(22-17-11-6-12-18-22)28(2,3)25(19)21-15-9-5-10-16-21/h20-22,26H,4-18H2,1-3H3,(H,29,30)/p-1. The molecule has 0 aromatic heterocycles. The number of allylic oxidation sites excluding steroid dienone is 3. The lowest BCUT2D eigenvalue weighted by Crippen LogP contribution is -2.46. The summed E-state index contributed by atoms with van der Waals surface area (Å²) in [6.07, 6.45) is 19.0. The van der Waals surface area contributed by atoms with Crippen molar-refractivity contribution in [3.8, 4) is 0 Å². The zero-order valence-corrected chi connectivity index (χ0v) is 19.7. The van der Waals surface area contributed by atoms with Gasteiger partial charge < -0.3 is 9.90 Å². The molecule has 0 spiro atoms. The van der Waals surface area contributed by atoms with Crippen molar-refractivity contribution in [1.29, 1.82) is 0 Å². The van der Waals surface area contributed by atoms with Gasteiger partial charge in [0, 0.05) is 0 Å². The van der Waals surface area contributed by atoms with Crippen molar-refractivity contribution in [3.05, 3.63) is 22.3 Å². The monoisotopic (exact) mass is 411 g/mol. The highest BCUT2D eigenvalue weighted by atomic mass is 16.4. The zero-order chi connectivity index (χ0) is 21.3. The second kappa shape index (κ2) is 9.21. The lowest BCUT2D eigenvalue weighted by Gasteiger charge is -2.52. The molecule has 2 heteroatoms. The molecule has 3 saturated carbocycles. The number of carboxylic acids is 1. The topological polar surface area (TPSA) is 40.1 Å². The van der Waals surface area contributed by atoms with Gasteiger partial charge in [0.1, 0.15) is 0 Å². The fraction of sp³-hybridized carbons (Fsp3) is 0.821. The molecular formula is C28H43O2-. The Balaban J connectivity index is 1.87. The van der Waals surface area contributed by atoms with Crippen LogP contribution in [-0.4, -0.2) is 5.97 Å². The first-order valence-electron chi connectivity index (χ1n) is 13.1. The molecule has 2 nitrogen and oxygen atoms in total. The summed E-state index contributed by atoms with van der Waals surface area (Å²) >= 11 is 0. The molecule has 0 aromatic rings. The number of carboxylic acid groups (broad SMARTS) is 1. The van der Waals surface area contributed by atoms with Crippen molar-refractivity contribution in [3.63, 3.8) is 0 Å². The Bertz CT molecular complexity index is 692. The van der Waals surface area contributed by atoms with Crippen molar-refractivity contribution in [2.75, 3.05) is 0 Å². The maximum Gasteiger partial charge on any atom is 0.0681 e. The van der Waals surface area contributed by atoms with E-state index in [4.69, 9.17) is 0 Å². The Morgan fingerprint density at radius 2 is 1.23 bits per heavy atom. The highest BCUT2D eigenvalue weighted by Gasteiger charge is 2.48. The van der Waals surface area contributed by atoms with Crippen molar-refractivity contribution in [1.82, 2.24) is 0 Å². The van der Waals surface area contributed by atoms with Crippen LogP contribution in [0.15, 0.2) is 22.3 Å². The van der Waals surface area contributed by atoms with Crippen LogP contribution in [-0.2, 0) is 4.79 Å². The van der Waals surface area contributed by atoms with Gasteiger partial charge in [-0.05, 0) is 91.3 Å². The fourth-order valence-corrected chi connectivity index (χ4v) is 8.20. The van der Waals surface area contributed by atoms with Gasteiger partial charge in [0.2, 0.25) is 0 Å². The molecule has 168 valence electrons. The summed E-state index contributed by atoms with van der Waals surface area (Å²) in [6, 6.07) is 0. The summed E-state index contributed by atoms with van der Waals surface area (Å²) in [4.78, 5) is 12.8. The lowest BCUT2D eigenvalue weighted by atomic mass is 9.53. The average Bonchev–Trinajstić information content (AvgIpc) is 2.75. The number of hydrogen-bond acceptors (Lipinski definition) is 2. The van der Waals surface area contributed by atoms with Crippen molar-refractivity contribution < 1.29 is 9.90 Å². The van der Waals surface area contributed by atoms with Crippen LogP contribution in [0, 0.1) is 29.1 Å². The van der Waals surface area contributed by atoms with Gasteiger partial charge in [0.15, 0.2) is 0 Å². The van der Waals surface area contributed by atoms with E-state index in [1.807, 2.05) is 0 Å². The van der Waals surface area contributed by atoms with Crippen molar-refractivity contribution in [2.45, 2.75) is 117 Å². The first-order valence-corrected chi connectivity index (χ1v) is 13.1. The minimum absolute atomic E-state index is 0.0678. The maximum atomic E-state index is 12.8. The van der Waals surface area contributed by atoms with E-state index in [1.54, 1.807) is 5.57 Å². The molecule has 30 heavy (non-hydrogen) atoms. The maximum absolute atomic E-state index is 12.8. The predicted molar refractivity (Wildman–Crippen MR) is 122 cm³/mol. The summed E-state index contributed by atoms with van der Waals surface area (Å²) < 4.78 is 0. The third-order valence-corrected chi connectivity index (χ3v) is 9.25. The highest BCUT2D eigenvalue weighted by molar-refractivity contribution is 5.89. The second-order valence-electron chi connectivity index (χ2n) is 11.4. The number of carbonyl (C=O) groups excluding carboxylic acids is 1. The summed E-state index contributed by atoms with van der Waals surface area (Å²) in [5.74, 6) is 0.878. The summed E-state index contributed by atoms with van der Waals surface area (Å²) in [7, 11) is 0. The largest absolute Gasteiger partial charge is 0.545 e. The Kier molecular flexibility index (Phi) is 6.80. The van der Waals surface area contributed by atoms with Crippen LogP contribution in [0.2, 0.25) is 0 Å². The molecule has 4 rings (SSSR count). The molecule has 0 aliphatic heterocycles. The predicted octanol–water partition coefficient (Wildman–Crippen LogP) is 6.75. The van der Waals surface area contributed by atoms with E-state index in [0.717, 1.165) is 5.57 Å². The minimum Gasteiger partial charge on any atom is -0.545 e. The van der Waals surface area contributed by atoms with Gasteiger partial charge in [-0.3, -0.25) is 0 Å². The third kappa shape index (κ3) is 4.05. The van der Waals surface area contributed by atoms with Crippen LogP contribution in [0.5, 0.6) is 0 Å². The van der Waals surface area contributed by atoms with E-state index in [2.05, 4.69) is 20.8 Å². The van der Waals surface area contributed by atoms with Gasteiger partial charge in [-0.2, -0.15) is 0 Å². The molecule has 0 N–H and O–H groups in total. The number of rotatable bonds is 4. The van der Waals surface area contributed by atoms with Gasteiger partial charge in [-0.1, -0.05) is 77.2 Å². The normalized spacial score (nSPS) is 30.0. The van der Waals surface area contributed by atoms with Crippen LogP contribution in [0.4, 0.5) is 0 Å². The van der Waals surface area contributed by atoms with Crippen molar-refractivity contribution in [2.24, 2.45) is 29.1 Å². The SMILES string of the molecule is CC1=C(C2CCCCC2)C(C)(C)C(C2CCCCC2)C(C(=O)[O-])=C1C1CCCCC1. The van der Waals surface area contributed by atoms with Crippen LogP contribution >= 0.6 is 0 Å². The van der Waals surface area contributed by atoms with Gasteiger partial charge >= 0.3 is 0 Å². The van der Waals surface area contributed by atoms with E-state index in [9.17, 15) is 9.90 Å². The molecule has 0 aromatic carbocycles. The van der Waals surface area contributed by atoms with Gasteiger partial charge in [0.05, 0.1) is 5.97 Å². The quantitative estimate of drug-likeness (QED) is 0.513. The summed E-state index contributed by atoms with van der Waals surface area (Å²) in [5.41, 5.74) is 4.91. The number of aliphatic carboxylic acids is 1. The van der Waals surface area contributed by atoms with Crippen LogP contribution in [0.3, 0.4) is 0 Å². The first-order chi connectivity index (χ1) is 14.4. The summed E-state index contributed by atoms with van der Waals surface area (Å²) in [6.45, 7) is 7.07. The fourth-order valence-electron chi connectivity index (χ4n) is 8.20. The molecule has 1 unspecified atom stereocenters. The smallest absolute Gasteiger partial charge is 0.0681 e. The Labute approximate surface area is 184 Å². The summed E-state index contributed by atoms with van der Waals surface area (Å²) in [5, 5.41) is 12.8. The number of carbonyl (C=O) groups is 1. The average molecular weight is 412 g/mol. The molecule has 0 heterocycles. The molecule has 0 radical (unpaired) electrons. The lowest BCUT2D eigenvalue weighted by molar-refractivity contribution is -0.300. The molecule has 1 atom stereocenters. The van der Waals surface area contributed by atoms with E-state index in [1.165, 1.54) is 107 Å². The molecule has 4 aliphatic carbocycles. The number of hydrogen-bond donors (Lipinski definition) is 0. The van der Waals surface area contributed by atoms with Crippen LogP contribution < -0.4 is 5.11 Å². The third-order valence-electron chi connectivity index (χ3n) is 9.25. The Morgan fingerprint density at radius 1 is 0.767 bits per heavy atom. The second-order valence-corrected chi connectivity index (χ2v) is 11.4. The van der Waals surface area contributed by atoms with E-state index < -0.39 is 5.97 Å². The Morgan fingerprint density at radius 3 is 1.73 bits per heavy atom. The minimum atomic E-state index is -0.860. The van der Waals surface area contributed by atoms with Crippen molar-refractivity contribution >= 4 is 5.97 Å². The molecule has 0 saturated heterocycles. The van der Waals surface area contributed by atoms with E-state index in [-0.39, 0.29) is 11.3 Å². The molecule has 4 aliphatic rings. The van der Waals surface area contributed by atoms with Crippen LogP contribution in [0.25, 0.3) is 0 Å². The van der Waals surface area contributed by atoms with E-state index in [0.29, 0.717) is 17.8 Å². The van der Waals surface area contributed by atoms with Gasteiger partial charge in [-0.25, -0.2) is 0 Å². The molecule has 0 amide bonds.